The van der Waals surface area contributed by atoms with Crippen LogP contribution in [-0.2, 0) is 6.54 Å². The first-order valence-electron chi connectivity index (χ1n) is 4.93. The second-order valence-corrected chi connectivity index (χ2v) is 4.45. The molecule has 0 spiro atoms. The average molecular weight is 249 g/mol. The molecule has 3 N–H and O–H groups in total. The Kier molecular flexibility index (Phi) is 3.29. The number of carbonyl (C=O) groups excluding carboxylic acids is 1. The molecule has 0 saturated heterocycles. The molecule has 0 bridgehead atoms. The van der Waals surface area contributed by atoms with Crippen LogP contribution in [0.2, 0.25) is 0 Å². The van der Waals surface area contributed by atoms with Crippen LogP contribution in [0.5, 0.6) is 0 Å². The number of nitrogens with one attached hydrogen (secondary N) is 1. The normalized spacial score (nSPS) is 10.2. The summed E-state index contributed by atoms with van der Waals surface area (Å²) in [4.78, 5) is 15.9. The SMILES string of the molecule is Cc1nc(CNC(=O)c2ccc(N)nn2)cs1. The van der Waals surface area contributed by atoms with Crippen molar-refractivity contribution in [3.05, 3.63) is 33.9 Å². The zero-order valence-electron chi connectivity index (χ0n) is 9.17. The highest BCUT2D eigenvalue weighted by Gasteiger charge is 2.08. The zero-order chi connectivity index (χ0) is 12.3. The molecular formula is C10H11N5OS. The highest BCUT2D eigenvalue weighted by atomic mass is 32.1. The highest BCUT2D eigenvalue weighted by Crippen LogP contribution is 2.07. The smallest absolute Gasteiger partial charge is 0.272 e. The van der Waals surface area contributed by atoms with Gasteiger partial charge in [0.25, 0.3) is 5.91 Å². The molecule has 0 saturated carbocycles. The molecule has 88 valence electrons. The van der Waals surface area contributed by atoms with E-state index in [1.807, 2.05) is 12.3 Å². The van der Waals surface area contributed by atoms with E-state index in [9.17, 15) is 4.79 Å². The summed E-state index contributed by atoms with van der Waals surface area (Å²) in [7, 11) is 0. The Morgan fingerprint density at radius 2 is 2.29 bits per heavy atom. The minimum absolute atomic E-state index is 0.242. The van der Waals surface area contributed by atoms with Crippen molar-refractivity contribution in [1.29, 1.82) is 0 Å². The van der Waals surface area contributed by atoms with E-state index >= 15 is 0 Å². The molecule has 0 aromatic carbocycles. The lowest BCUT2D eigenvalue weighted by atomic mass is 10.3. The number of amides is 1. The van der Waals surface area contributed by atoms with Crippen LogP contribution in [0, 0.1) is 6.92 Å². The van der Waals surface area contributed by atoms with Gasteiger partial charge < -0.3 is 11.1 Å². The van der Waals surface area contributed by atoms with Gasteiger partial charge in [-0.25, -0.2) is 4.98 Å². The third-order valence-corrected chi connectivity index (χ3v) is 2.84. The Hall–Kier alpha value is -2.02. The molecule has 0 atom stereocenters. The third-order valence-electron chi connectivity index (χ3n) is 2.01. The largest absolute Gasteiger partial charge is 0.382 e. The van der Waals surface area contributed by atoms with Gasteiger partial charge in [-0.3, -0.25) is 4.79 Å². The van der Waals surface area contributed by atoms with E-state index in [1.54, 1.807) is 11.3 Å². The van der Waals surface area contributed by atoms with Gasteiger partial charge in [-0.1, -0.05) is 0 Å². The van der Waals surface area contributed by atoms with Gasteiger partial charge >= 0.3 is 0 Å². The molecule has 1 amide bonds. The van der Waals surface area contributed by atoms with Crippen molar-refractivity contribution >= 4 is 23.1 Å². The number of rotatable bonds is 3. The van der Waals surface area contributed by atoms with E-state index in [1.165, 1.54) is 12.1 Å². The summed E-state index contributed by atoms with van der Waals surface area (Å²) in [5.74, 6) is -0.000158. The lowest BCUT2D eigenvalue weighted by Gasteiger charge is -2.01. The fraction of sp³-hybridized carbons (Fsp3) is 0.200. The second-order valence-electron chi connectivity index (χ2n) is 3.38. The number of thiazole rings is 1. The van der Waals surface area contributed by atoms with Crippen molar-refractivity contribution in [1.82, 2.24) is 20.5 Å². The topological polar surface area (TPSA) is 93.8 Å². The third kappa shape index (κ3) is 2.97. The predicted molar refractivity (Wildman–Crippen MR) is 64.5 cm³/mol. The van der Waals surface area contributed by atoms with Gasteiger partial charge in [0.1, 0.15) is 5.82 Å². The first-order valence-corrected chi connectivity index (χ1v) is 5.81. The van der Waals surface area contributed by atoms with Crippen LogP contribution in [0.1, 0.15) is 21.2 Å². The Labute approximate surface area is 102 Å². The van der Waals surface area contributed by atoms with Crippen molar-refractivity contribution in [3.63, 3.8) is 0 Å². The van der Waals surface area contributed by atoms with Gasteiger partial charge in [-0.2, -0.15) is 0 Å². The van der Waals surface area contributed by atoms with E-state index in [0.29, 0.717) is 6.54 Å². The number of nitrogens with zero attached hydrogens (tertiary/aromatic N) is 3. The summed E-state index contributed by atoms with van der Waals surface area (Å²) in [6, 6.07) is 3.07. The van der Waals surface area contributed by atoms with Crippen molar-refractivity contribution in [3.8, 4) is 0 Å². The molecule has 2 rings (SSSR count). The van der Waals surface area contributed by atoms with Gasteiger partial charge in [0.05, 0.1) is 17.2 Å². The summed E-state index contributed by atoms with van der Waals surface area (Å²) in [6.07, 6.45) is 0. The Morgan fingerprint density at radius 1 is 1.47 bits per heavy atom. The molecule has 2 aromatic rings. The van der Waals surface area contributed by atoms with Crippen molar-refractivity contribution in [2.24, 2.45) is 0 Å². The standard InChI is InChI=1S/C10H11N5OS/c1-6-13-7(5-17-6)4-12-10(16)8-2-3-9(11)15-14-8/h2-3,5H,4H2,1H3,(H2,11,15)(H,12,16). The summed E-state index contributed by atoms with van der Waals surface area (Å²) < 4.78 is 0. The molecule has 0 aliphatic heterocycles. The zero-order valence-corrected chi connectivity index (χ0v) is 9.99. The number of anilines is 1. The molecule has 2 aromatic heterocycles. The maximum atomic E-state index is 11.7. The fourth-order valence-corrected chi connectivity index (χ4v) is 1.83. The first kappa shape index (κ1) is 11.5. The van der Waals surface area contributed by atoms with E-state index in [2.05, 4.69) is 20.5 Å². The number of aryl methyl sites for hydroxylation is 1. The summed E-state index contributed by atoms with van der Waals surface area (Å²) in [5.41, 5.74) is 6.46. The lowest BCUT2D eigenvalue weighted by Crippen LogP contribution is -2.24. The molecule has 0 radical (unpaired) electrons. The van der Waals surface area contributed by atoms with Crippen LogP contribution < -0.4 is 11.1 Å². The number of nitrogens with two attached hydrogens (primary N) is 1. The van der Waals surface area contributed by atoms with Gasteiger partial charge in [0.2, 0.25) is 0 Å². The Bertz CT molecular complexity index is 522. The molecule has 0 fully saturated rings. The van der Waals surface area contributed by atoms with Gasteiger partial charge in [0, 0.05) is 5.38 Å². The summed E-state index contributed by atoms with van der Waals surface area (Å²) in [6.45, 7) is 2.30. The molecule has 0 unspecified atom stereocenters. The monoisotopic (exact) mass is 249 g/mol. The van der Waals surface area contributed by atoms with Gasteiger partial charge in [-0.05, 0) is 19.1 Å². The maximum absolute atomic E-state index is 11.7. The van der Waals surface area contributed by atoms with E-state index in [0.717, 1.165) is 10.7 Å². The van der Waals surface area contributed by atoms with E-state index in [4.69, 9.17) is 5.73 Å². The second kappa shape index (κ2) is 4.88. The highest BCUT2D eigenvalue weighted by molar-refractivity contribution is 7.09. The van der Waals surface area contributed by atoms with E-state index < -0.39 is 0 Å². The van der Waals surface area contributed by atoms with Crippen LogP contribution in [0.15, 0.2) is 17.5 Å². The number of aromatic nitrogens is 3. The number of carbonyl (C=O) groups is 1. The molecular weight excluding hydrogens is 238 g/mol. The summed E-state index contributed by atoms with van der Waals surface area (Å²) in [5, 5.41) is 12.9. The minimum Gasteiger partial charge on any atom is -0.382 e. The van der Waals surface area contributed by atoms with Crippen LogP contribution in [-0.4, -0.2) is 21.1 Å². The maximum Gasteiger partial charge on any atom is 0.272 e. The molecule has 6 nitrogen and oxygen atoms in total. The molecule has 0 aliphatic rings. The van der Waals surface area contributed by atoms with Gasteiger partial charge in [0.15, 0.2) is 5.69 Å². The molecule has 2 heterocycles. The Morgan fingerprint density at radius 3 is 2.88 bits per heavy atom. The lowest BCUT2D eigenvalue weighted by molar-refractivity contribution is 0.0944. The summed E-state index contributed by atoms with van der Waals surface area (Å²) >= 11 is 1.55. The number of hydrogen-bond acceptors (Lipinski definition) is 6. The molecule has 7 heteroatoms. The van der Waals surface area contributed by atoms with E-state index in [-0.39, 0.29) is 17.4 Å². The Balaban J connectivity index is 1.95. The van der Waals surface area contributed by atoms with Crippen LogP contribution in [0.3, 0.4) is 0 Å². The predicted octanol–water partition coefficient (Wildman–Crippen LogP) is 0.754. The van der Waals surface area contributed by atoms with Crippen LogP contribution >= 0.6 is 11.3 Å². The number of hydrogen-bond donors (Lipinski definition) is 2. The van der Waals surface area contributed by atoms with Crippen LogP contribution in [0.4, 0.5) is 5.82 Å². The van der Waals surface area contributed by atoms with Gasteiger partial charge in [-0.15, -0.1) is 21.5 Å². The minimum atomic E-state index is -0.289. The quantitative estimate of drug-likeness (QED) is 0.837. The molecule has 0 aliphatic carbocycles. The van der Waals surface area contributed by atoms with Crippen molar-refractivity contribution < 1.29 is 4.79 Å². The number of nitrogen functional groups attached to an aromatic ring is 1. The average Bonchev–Trinajstić information content (AvgIpc) is 2.73. The van der Waals surface area contributed by atoms with Crippen molar-refractivity contribution in [2.45, 2.75) is 13.5 Å². The van der Waals surface area contributed by atoms with Crippen LogP contribution in [0.25, 0.3) is 0 Å². The van der Waals surface area contributed by atoms with Crippen molar-refractivity contribution in [2.75, 3.05) is 5.73 Å². The first-order chi connectivity index (χ1) is 8.15. The fourth-order valence-electron chi connectivity index (χ4n) is 1.21. The molecule has 17 heavy (non-hydrogen) atoms.